The summed E-state index contributed by atoms with van der Waals surface area (Å²) in [5.41, 5.74) is 0.486. The van der Waals surface area contributed by atoms with Crippen molar-refractivity contribution < 1.29 is 4.79 Å². The van der Waals surface area contributed by atoms with Crippen molar-refractivity contribution in [3.05, 3.63) is 33.6 Å². The number of thioether (sulfide) groups is 1. The number of rotatable bonds is 6. The molecular formula is C21H28ClN3O2S. The number of halogens is 1. The van der Waals surface area contributed by atoms with E-state index >= 15 is 0 Å². The molecule has 1 amide bonds. The Bertz CT molecular complexity index is 914. The van der Waals surface area contributed by atoms with E-state index in [4.69, 9.17) is 11.6 Å². The van der Waals surface area contributed by atoms with Gasteiger partial charge in [-0.25, -0.2) is 4.98 Å². The number of nitrogens with one attached hydrogen (secondary N) is 1. The van der Waals surface area contributed by atoms with E-state index in [1.807, 2.05) is 13.8 Å². The fraction of sp³-hybridized carbons (Fsp3) is 0.571. The van der Waals surface area contributed by atoms with Crippen LogP contribution in [0.3, 0.4) is 0 Å². The summed E-state index contributed by atoms with van der Waals surface area (Å²) in [5.74, 6) is 0.515. The van der Waals surface area contributed by atoms with Crippen LogP contribution in [0.4, 0.5) is 0 Å². The van der Waals surface area contributed by atoms with Gasteiger partial charge in [0.15, 0.2) is 5.16 Å². The van der Waals surface area contributed by atoms with Crippen LogP contribution in [-0.2, 0) is 11.3 Å². The van der Waals surface area contributed by atoms with Crippen LogP contribution in [0, 0.1) is 5.92 Å². The second kappa shape index (κ2) is 9.31. The van der Waals surface area contributed by atoms with E-state index in [0.717, 1.165) is 19.3 Å². The molecule has 0 radical (unpaired) electrons. The van der Waals surface area contributed by atoms with Crippen molar-refractivity contribution in [3.8, 4) is 0 Å². The molecule has 1 saturated carbocycles. The number of aromatic nitrogens is 2. The topological polar surface area (TPSA) is 64.0 Å². The van der Waals surface area contributed by atoms with Gasteiger partial charge in [-0.05, 0) is 50.3 Å². The Kier molecular flexibility index (Phi) is 7.05. The second-order valence-corrected chi connectivity index (χ2v) is 9.39. The summed E-state index contributed by atoms with van der Waals surface area (Å²) in [6.07, 6.45) is 5.42. The highest BCUT2D eigenvalue weighted by Crippen LogP contribution is 2.27. The van der Waals surface area contributed by atoms with E-state index in [0.29, 0.717) is 33.5 Å². The zero-order valence-electron chi connectivity index (χ0n) is 16.7. The average molecular weight is 422 g/mol. The monoisotopic (exact) mass is 421 g/mol. The van der Waals surface area contributed by atoms with Crippen molar-refractivity contribution in [1.82, 2.24) is 14.9 Å². The lowest BCUT2D eigenvalue weighted by atomic mass is 9.86. The first-order chi connectivity index (χ1) is 13.4. The molecule has 0 aliphatic heterocycles. The minimum absolute atomic E-state index is 0.00670. The molecular weight excluding hydrogens is 394 g/mol. The van der Waals surface area contributed by atoms with Crippen LogP contribution >= 0.6 is 23.4 Å². The number of carbonyl (C=O) groups is 1. The van der Waals surface area contributed by atoms with Gasteiger partial charge in [0, 0.05) is 17.6 Å². The fourth-order valence-electron chi connectivity index (χ4n) is 3.73. The molecule has 5 nitrogen and oxygen atoms in total. The molecule has 0 saturated heterocycles. The molecule has 0 unspecified atom stereocenters. The molecule has 3 rings (SSSR count). The number of hydrogen-bond donors (Lipinski definition) is 1. The predicted molar refractivity (Wildman–Crippen MR) is 116 cm³/mol. The molecule has 0 bridgehead atoms. The smallest absolute Gasteiger partial charge is 0.262 e. The maximum absolute atomic E-state index is 12.9. The maximum Gasteiger partial charge on any atom is 0.262 e. The van der Waals surface area contributed by atoms with Gasteiger partial charge in [-0.1, -0.05) is 50.1 Å². The lowest BCUT2D eigenvalue weighted by molar-refractivity contribution is -0.121. The van der Waals surface area contributed by atoms with Gasteiger partial charge in [0.25, 0.3) is 5.56 Å². The highest BCUT2D eigenvalue weighted by molar-refractivity contribution is 8.00. The first-order valence-corrected chi connectivity index (χ1v) is 11.3. The highest BCUT2D eigenvalue weighted by atomic mass is 35.5. The lowest BCUT2D eigenvalue weighted by Crippen LogP contribution is -2.44. The Balaban J connectivity index is 1.84. The van der Waals surface area contributed by atoms with E-state index in [-0.39, 0.29) is 22.8 Å². The molecule has 1 fully saturated rings. The summed E-state index contributed by atoms with van der Waals surface area (Å²) >= 11 is 7.42. The number of hydrogen-bond acceptors (Lipinski definition) is 4. The molecule has 1 aromatic carbocycles. The van der Waals surface area contributed by atoms with Crippen LogP contribution in [-0.4, -0.2) is 26.8 Å². The SMILES string of the molecule is CCCn1c(S[C@H](C)C(=O)N[C@H]2CCCC[C@@H]2C)nc2cc(Cl)ccc2c1=O. The van der Waals surface area contributed by atoms with E-state index < -0.39 is 0 Å². The third-order valence-electron chi connectivity index (χ3n) is 5.42. The van der Waals surface area contributed by atoms with Crippen molar-refractivity contribution in [2.75, 3.05) is 0 Å². The number of fused-ring (bicyclic) bond motifs is 1. The molecule has 1 aromatic heterocycles. The van der Waals surface area contributed by atoms with Crippen LogP contribution in [0.5, 0.6) is 0 Å². The van der Waals surface area contributed by atoms with E-state index in [1.165, 1.54) is 24.6 Å². The molecule has 152 valence electrons. The first kappa shape index (κ1) is 21.2. The Labute approximate surface area is 175 Å². The number of nitrogens with zero attached hydrogens (tertiary/aromatic N) is 2. The normalized spacial score (nSPS) is 20.9. The third-order valence-corrected chi connectivity index (χ3v) is 6.75. The van der Waals surface area contributed by atoms with Gasteiger partial charge in [0.05, 0.1) is 16.2 Å². The Morgan fingerprint density at radius 3 is 2.86 bits per heavy atom. The molecule has 1 aliphatic carbocycles. The average Bonchev–Trinajstić information content (AvgIpc) is 2.66. The van der Waals surface area contributed by atoms with Gasteiger partial charge in [0.2, 0.25) is 5.91 Å². The molecule has 28 heavy (non-hydrogen) atoms. The number of amides is 1. The highest BCUT2D eigenvalue weighted by Gasteiger charge is 2.26. The van der Waals surface area contributed by atoms with Crippen molar-refractivity contribution in [2.24, 2.45) is 5.92 Å². The van der Waals surface area contributed by atoms with Crippen LogP contribution in [0.25, 0.3) is 10.9 Å². The summed E-state index contributed by atoms with van der Waals surface area (Å²) in [6.45, 7) is 6.67. The zero-order valence-corrected chi connectivity index (χ0v) is 18.3. The van der Waals surface area contributed by atoms with Crippen LogP contribution in [0.1, 0.15) is 52.9 Å². The van der Waals surface area contributed by atoms with Crippen LogP contribution in [0.15, 0.2) is 28.2 Å². The van der Waals surface area contributed by atoms with Gasteiger partial charge >= 0.3 is 0 Å². The fourth-order valence-corrected chi connectivity index (χ4v) is 4.84. The first-order valence-electron chi connectivity index (χ1n) is 10.1. The molecule has 1 N–H and O–H groups in total. The van der Waals surface area contributed by atoms with Gasteiger partial charge in [-0.2, -0.15) is 0 Å². The van der Waals surface area contributed by atoms with Crippen molar-refractivity contribution in [1.29, 1.82) is 0 Å². The molecule has 2 aromatic rings. The van der Waals surface area contributed by atoms with Crippen molar-refractivity contribution >= 4 is 40.2 Å². The van der Waals surface area contributed by atoms with E-state index in [1.54, 1.807) is 22.8 Å². The van der Waals surface area contributed by atoms with Gasteiger partial charge in [-0.3, -0.25) is 14.2 Å². The van der Waals surface area contributed by atoms with Crippen molar-refractivity contribution in [2.45, 2.75) is 75.9 Å². The standard InChI is InChI=1S/C21H28ClN3O2S/c1-4-11-25-20(27)16-10-9-15(22)12-18(16)24-21(25)28-14(3)19(26)23-17-8-6-5-7-13(17)2/h9-10,12-14,17H,4-8,11H2,1-3H3,(H,23,26)/t13-,14+,17-/m0/s1. The summed E-state index contributed by atoms with van der Waals surface area (Å²) < 4.78 is 1.67. The largest absolute Gasteiger partial charge is 0.352 e. The number of carbonyl (C=O) groups excluding carboxylic acids is 1. The predicted octanol–water partition coefficient (Wildman–Crippen LogP) is 4.64. The van der Waals surface area contributed by atoms with E-state index in [2.05, 4.69) is 17.2 Å². The van der Waals surface area contributed by atoms with Gasteiger partial charge in [0.1, 0.15) is 0 Å². The summed E-state index contributed by atoms with van der Waals surface area (Å²) in [7, 11) is 0. The molecule has 7 heteroatoms. The second-order valence-electron chi connectivity index (χ2n) is 7.65. The summed E-state index contributed by atoms with van der Waals surface area (Å²) in [6, 6.07) is 5.36. The maximum atomic E-state index is 12.9. The van der Waals surface area contributed by atoms with Crippen LogP contribution < -0.4 is 10.9 Å². The minimum Gasteiger partial charge on any atom is -0.352 e. The summed E-state index contributed by atoms with van der Waals surface area (Å²) in [5, 5.41) is 4.54. The molecule has 3 atom stereocenters. The summed E-state index contributed by atoms with van der Waals surface area (Å²) in [4.78, 5) is 30.4. The van der Waals surface area contributed by atoms with Gasteiger partial charge < -0.3 is 5.32 Å². The molecule has 1 heterocycles. The van der Waals surface area contributed by atoms with E-state index in [9.17, 15) is 9.59 Å². The third kappa shape index (κ3) is 4.71. The van der Waals surface area contributed by atoms with Gasteiger partial charge in [-0.15, -0.1) is 0 Å². The lowest BCUT2D eigenvalue weighted by Gasteiger charge is -2.30. The zero-order chi connectivity index (χ0) is 20.3. The minimum atomic E-state index is -0.333. The molecule has 1 aliphatic rings. The van der Waals surface area contributed by atoms with Crippen LogP contribution in [0.2, 0.25) is 5.02 Å². The quantitative estimate of drug-likeness (QED) is 0.545. The Hall–Kier alpha value is -1.53. The Morgan fingerprint density at radius 2 is 2.14 bits per heavy atom. The number of benzene rings is 1. The van der Waals surface area contributed by atoms with Crippen molar-refractivity contribution in [3.63, 3.8) is 0 Å². The molecule has 0 spiro atoms. The Morgan fingerprint density at radius 1 is 1.39 bits per heavy atom.